The Bertz CT molecular complexity index is 1440. The molecule has 4 aromatic rings. The molecule has 1 N–H and O–H groups in total. The van der Waals surface area contributed by atoms with Gasteiger partial charge in [0.05, 0.1) is 24.4 Å². The van der Waals surface area contributed by atoms with Crippen LogP contribution >= 0.6 is 0 Å². The summed E-state index contributed by atoms with van der Waals surface area (Å²) in [6.45, 7) is 3.18. The summed E-state index contributed by atoms with van der Waals surface area (Å²) in [5.74, 6) is 0.176. The number of hydrogen-bond acceptors (Lipinski definition) is 5. The third-order valence-corrected chi connectivity index (χ3v) is 5.26. The van der Waals surface area contributed by atoms with Crippen molar-refractivity contribution in [3.8, 4) is 11.4 Å². The molecule has 0 aliphatic rings. The maximum atomic E-state index is 13.1. The van der Waals surface area contributed by atoms with E-state index in [2.05, 4.69) is 10.4 Å². The summed E-state index contributed by atoms with van der Waals surface area (Å²) < 4.78 is 51.6. The van der Waals surface area contributed by atoms with Gasteiger partial charge in [0.15, 0.2) is 17.0 Å². The molecule has 4 rings (SSSR count). The van der Waals surface area contributed by atoms with Crippen molar-refractivity contribution in [2.24, 2.45) is 0 Å². The van der Waals surface area contributed by atoms with Crippen molar-refractivity contribution in [3.05, 3.63) is 87.5 Å². The number of fused-ring (bicyclic) bond motifs is 1. The molecule has 2 aromatic heterocycles. The monoisotopic (exact) mass is 471 g/mol. The fourth-order valence-electron chi connectivity index (χ4n) is 3.55. The van der Waals surface area contributed by atoms with Gasteiger partial charge in [-0.05, 0) is 44.2 Å². The van der Waals surface area contributed by atoms with E-state index in [4.69, 9.17) is 9.15 Å². The van der Waals surface area contributed by atoms with E-state index in [1.807, 2.05) is 6.07 Å². The average Bonchev–Trinajstić information content (AvgIpc) is 3.23. The number of carbonyl (C=O) groups is 1. The van der Waals surface area contributed by atoms with Crippen LogP contribution in [0.5, 0.6) is 5.75 Å². The van der Waals surface area contributed by atoms with E-state index in [-0.39, 0.29) is 11.4 Å². The SMILES string of the molecule is COc1cccc2cc(C(C)NC(=O)c3nn(-c4cccc(C(F)(F)F)c4)c(C)cc3=O)oc12. The van der Waals surface area contributed by atoms with E-state index in [1.54, 1.807) is 25.1 Å². The average molecular weight is 471 g/mol. The number of carbonyl (C=O) groups excluding carboxylic acids is 1. The molecule has 0 aliphatic carbocycles. The first-order valence-electron chi connectivity index (χ1n) is 10.2. The van der Waals surface area contributed by atoms with Gasteiger partial charge in [0.25, 0.3) is 5.91 Å². The maximum absolute atomic E-state index is 13.1. The predicted octanol–water partition coefficient (Wildman–Crippen LogP) is 4.81. The zero-order chi connectivity index (χ0) is 24.6. The number of nitrogens with zero attached hydrogens (tertiary/aromatic N) is 2. The number of rotatable bonds is 5. The van der Waals surface area contributed by atoms with E-state index in [1.165, 1.54) is 26.2 Å². The Balaban J connectivity index is 1.65. The standard InChI is InChI=1S/C24H20F3N3O4/c1-13-10-18(31)21(29-30(13)17-8-5-7-16(12-17)24(25,26)27)23(32)28-14(2)20-11-15-6-4-9-19(33-3)22(15)34-20/h4-12,14H,1-3H3,(H,28,32). The lowest BCUT2D eigenvalue weighted by Crippen LogP contribution is -2.33. The van der Waals surface area contributed by atoms with Crippen LogP contribution in [0.4, 0.5) is 13.2 Å². The van der Waals surface area contributed by atoms with Crippen molar-refractivity contribution < 1.29 is 27.1 Å². The Morgan fingerprint density at radius 1 is 1.15 bits per heavy atom. The van der Waals surface area contributed by atoms with Gasteiger partial charge in [-0.15, -0.1) is 0 Å². The van der Waals surface area contributed by atoms with Gasteiger partial charge in [0.1, 0.15) is 5.76 Å². The van der Waals surface area contributed by atoms with Gasteiger partial charge < -0.3 is 14.5 Å². The number of furan rings is 1. The quantitative estimate of drug-likeness (QED) is 0.452. The highest BCUT2D eigenvalue weighted by Gasteiger charge is 2.30. The Hall–Kier alpha value is -4.08. The Morgan fingerprint density at radius 2 is 1.88 bits per heavy atom. The fourth-order valence-corrected chi connectivity index (χ4v) is 3.55. The first-order chi connectivity index (χ1) is 16.1. The molecule has 1 amide bonds. The van der Waals surface area contributed by atoms with Crippen molar-refractivity contribution in [1.29, 1.82) is 0 Å². The normalized spacial score (nSPS) is 12.5. The predicted molar refractivity (Wildman–Crippen MR) is 118 cm³/mol. The van der Waals surface area contributed by atoms with Gasteiger partial charge >= 0.3 is 6.18 Å². The fraction of sp³-hybridized carbons (Fsp3) is 0.208. The van der Waals surface area contributed by atoms with Crippen molar-refractivity contribution in [2.45, 2.75) is 26.1 Å². The van der Waals surface area contributed by atoms with Gasteiger partial charge in [-0.3, -0.25) is 9.59 Å². The van der Waals surface area contributed by atoms with Crippen LogP contribution in [0.2, 0.25) is 0 Å². The van der Waals surface area contributed by atoms with Crippen LogP contribution in [0.1, 0.15) is 40.5 Å². The zero-order valence-corrected chi connectivity index (χ0v) is 18.4. The van der Waals surface area contributed by atoms with Crippen LogP contribution < -0.4 is 15.5 Å². The number of alkyl halides is 3. The number of para-hydroxylation sites is 1. The molecule has 7 nitrogen and oxygen atoms in total. The third-order valence-electron chi connectivity index (χ3n) is 5.26. The molecule has 34 heavy (non-hydrogen) atoms. The van der Waals surface area contributed by atoms with Crippen molar-refractivity contribution in [3.63, 3.8) is 0 Å². The van der Waals surface area contributed by atoms with Crippen LogP contribution in [0.15, 0.2) is 63.8 Å². The molecular formula is C24H20F3N3O4. The molecule has 2 aromatic carbocycles. The van der Waals surface area contributed by atoms with E-state index in [0.717, 1.165) is 28.3 Å². The van der Waals surface area contributed by atoms with Crippen LogP contribution in [0.3, 0.4) is 0 Å². The molecule has 0 saturated heterocycles. The molecule has 10 heteroatoms. The number of nitrogens with one attached hydrogen (secondary N) is 1. The van der Waals surface area contributed by atoms with Crippen molar-refractivity contribution >= 4 is 16.9 Å². The summed E-state index contributed by atoms with van der Waals surface area (Å²) in [6.07, 6.45) is -4.55. The zero-order valence-electron chi connectivity index (χ0n) is 18.4. The summed E-state index contributed by atoms with van der Waals surface area (Å²) >= 11 is 0. The number of methoxy groups -OCH3 is 1. The minimum atomic E-state index is -4.55. The number of ether oxygens (including phenoxy) is 1. The third kappa shape index (κ3) is 4.39. The summed E-state index contributed by atoms with van der Waals surface area (Å²) in [4.78, 5) is 25.4. The Morgan fingerprint density at radius 3 is 2.59 bits per heavy atom. The van der Waals surface area contributed by atoms with Gasteiger partial charge in [-0.1, -0.05) is 18.2 Å². The number of hydrogen-bond donors (Lipinski definition) is 1. The molecule has 0 saturated carbocycles. The number of benzene rings is 2. The number of amides is 1. The molecule has 0 bridgehead atoms. The van der Waals surface area contributed by atoms with E-state index >= 15 is 0 Å². The minimum Gasteiger partial charge on any atom is -0.493 e. The van der Waals surface area contributed by atoms with E-state index < -0.39 is 34.8 Å². The largest absolute Gasteiger partial charge is 0.493 e. The molecule has 0 spiro atoms. The van der Waals surface area contributed by atoms with E-state index in [0.29, 0.717) is 17.1 Å². The molecule has 1 unspecified atom stereocenters. The van der Waals surface area contributed by atoms with Crippen LogP contribution in [-0.4, -0.2) is 22.8 Å². The van der Waals surface area contributed by atoms with Crippen molar-refractivity contribution in [1.82, 2.24) is 15.1 Å². The Kier molecular flexibility index (Phi) is 5.90. The summed E-state index contributed by atoms with van der Waals surface area (Å²) in [6, 6.07) is 12.1. The lowest BCUT2D eigenvalue weighted by atomic mass is 10.2. The molecule has 0 aliphatic heterocycles. The highest BCUT2D eigenvalue weighted by atomic mass is 19.4. The topological polar surface area (TPSA) is 86.4 Å². The highest BCUT2D eigenvalue weighted by molar-refractivity contribution is 5.92. The molecular weight excluding hydrogens is 451 g/mol. The first kappa shape index (κ1) is 23.1. The second kappa shape index (κ2) is 8.69. The molecule has 0 radical (unpaired) electrons. The lowest BCUT2D eigenvalue weighted by Gasteiger charge is -2.15. The van der Waals surface area contributed by atoms with Crippen LogP contribution in [0, 0.1) is 6.92 Å². The second-order valence-corrected chi connectivity index (χ2v) is 7.68. The van der Waals surface area contributed by atoms with Gasteiger partial charge in [-0.2, -0.15) is 18.3 Å². The molecule has 1 atom stereocenters. The van der Waals surface area contributed by atoms with Gasteiger partial charge in [0, 0.05) is 17.1 Å². The number of halogens is 3. The van der Waals surface area contributed by atoms with E-state index in [9.17, 15) is 22.8 Å². The smallest absolute Gasteiger partial charge is 0.416 e. The lowest BCUT2D eigenvalue weighted by molar-refractivity contribution is -0.137. The summed E-state index contributed by atoms with van der Waals surface area (Å²) in [5.41, 5.74) is -1.12. The second-order valence-electron chi connectivity index (χ2n) is 7.68. The van der Waals surface area contributed by atoms with Crippen LogP contribution in [-0.2, 0) is 6.18 Å². The van der Waals surface area contributed by atoms with Gasteiger partial charge in [0.2, 0.25) is 5.43 Å². The Labute approximate surface area is 191 Å². The summed E-state index contributed by atoms with van der Waals surface area (Å²) in [7, 11) is 1.51. The highest BCUT2D eigenvalue weighted by Crippen LogP contribution is 2.31. The maximum Gasteiger partial charge on any atom is 0.416 e. The minimum absolute atomic E-state index is 0.0683. The first-order valence-corrected chi connectivity index (χ1v) is 10.2. The van der Waals surface area contributed by atoms with Crippen LogP contribution in [0.25, 0.3) is 16.7 Å². The summed E-state index contributed by atoms with van der Waals surface area (Å²) in [5, 5.41) is 7.49. The molecule has 2 heterocycles. The number of aryl methyl sites for hydroxylation is 1. The molecule has 0 fully saturated rings. The van der Waals surface area contributed by atoms with Crippen molar-refractivity contribution in [2.75, 3.05) is 7.11 Å². The van der Waals surface area contributed by atoms with Gasteiger partial charge in [-0.25, -0.2) is 4.68 Å². The number of aromatic nitrogens is 2. The molecule has 176 valence electrons.